The molecule has 4 heteroatoms. The first-order valence-electron chi connectivity index (χ1n) is 4.89. The van der Waals surface area contributed by atoms with Crippen LogP contribution in [0.1, 0.15) is 5.56 Å². The van der Waals surface area contributed by atoms with Gasteiger partial charge in [0, 0.05) is 13.1 Å². The molecule has 0 spiro atoms. The Kier molecular flexibility index (Phi) is 1.79. The predicted molar refractivity (Wildman–Crippen MR) is 52.4 cm³/mol. The van der Waals surface area contributed by atoms with Crippen LogP contribution in [-0.4, -0.2) is 24.3 Å². The molecule has 0 radical (unpaired) electrons. The monoisotopic (exact) mass is 202 g/mol. The summed E-state index contributed by atoms with van der Waals surface area (Å²) in [5, 5.41) is 8.67. The van der Waals surface area contributed by atoms with Crippen LogP contribution in [0.3, 0.4) is 0 Å². The highest BCUT2D eigenvalue weighted by molar-refractivity contribution is 5.44. The number of nitriles is 1. The number of rotatable bonds is 2. The molecule has 3 rings (SSSR count). The van der Waals surface area contributed by atoms with E-state index in [9.17, 15) is 0 Å². The second-order valence-corrected chi connectivity index (χ2v) is 3.76. The van der Waals surface area contributed by atoms with Gasteiger partial charge in [0.25, 0.3) is 0 Å². The Morgan fingerprint density at radius 1 is 1.40 bits per heavy atom. The van der Waals surface area contributed by atoms with E-state index in [4.69, 9.17) is 14.7 Å². The van der Waals surface area contributed by atoms with Gasteiger partial charge in [0.2, 0.25) is 6.79 Å². The first-order valence-corrected chi connectivity index (χ1v) is 4.89. The fraction of sp³-hybridized carbons (Fsp3) is 0.364. The molecular weight excluding hydrogens is 192 g/mol. The maximum absolute atomic E-state index is 8.67. The van der Waals surface area contributed by atoms with Crippen LogP contribution < -0.4 is 9.47 Å². The van der Waals surface area contributed by atoms with Gasteiger partial charge in [-0.1, -0.05) is 6.07 Å². The first kappa shape index (κ1) is 8.57. The summed E-state index contributed by atoms with van der Waals surface area (Å²) in [5.41, 5.74) is 1.16. The molecule has 2 unspecified atom stereocenters. The molecule has 1 aromatic carbocycles. The van der Waals surface area contributed by atoms with Gasteiger partial charge in [0.1, 0.15) is 6.04 Å². The largest absolute Gasteiger partial charge is 0.454 e. The zero-order valence-electron chi connectivity index (χ0n) is 8.14. The normalized spacial score (nSPS) is 26.1. The Morgan fingerprint density at radius 2 is 2.27 bits per heavy atom. The number of benzene rings is 1. The van der Waals surface area contributed by atoms with Gasteiger partial charge in [-0.15, -0.1) is 0 Å². The van der Waals surface area contributed by atoms with E-state index in [2.05, 4.69) is 11.0 Å². The van der Waals surface area contributed by atoms with Crippen LogP contribution in [0.25, 0.3) is 0 Å². The van der Waals surface area contributed by atoms with Gasteiger partial charge in [-0.25, -0.2) is 0 Å². The highest BCUT2D eigenvalue weighted by Crippen LogP contribution is 2.33. The summed E-state index contributed by atoms with van der Waals surface area (Å²) < 4.78 is 10.5. The van der Waals surface area contributed by atoms with Gasteiger partial charge in [0.15, 0.2) is 11.5 Å². The molecule has 0 amide bonds. The van der Waals surface area contributed by atoms with Crippen molar-refractivity contribution in [3.05, 3.63) is 23.8 Å². The molecule has 4 nitrogen and oxygen atoms in total. The van der Waals surface area contributed by atoms with Gasteiger partial charge >= 0.3 is 0 Å². The number of ether oxygens (including phenoxy) is 2. The zero-order valence-corrected chi connectivity index (χ0v) is 8.14. The van der Waals surface area contributed by atoms with Crippen LogP contribution >= 0.6 is 0 Å². The lowest BCUT2D eigenvalue weighted by Crippen LogP contribution is -2.00. The Hall–Kier alpha value is -1.73. The third kappa shape index (κ3) is 1.51. The van der Waals surface area contributed by atoms with Gasteiger partial charge in [-0.2, -0.15) is 5.26 Å². The second-order valence-electron chi connectivity index (χ2n) is 3.76. The van der Waals surface area contributed by atoms with E-state index in [0.717, 1.165) is 30.2 Å². The molecule has 2 aliphatic heterocycles. The van der Waals surface area contributed by atoms with Gasteiger partial charge in [-0.3, -0.25) is 4.90 Å². The molecule has 2 atom stereocenters. The van der Waals surface area contributed by atoms with Gasteiger partial charge < -0.3 is 9.47 Å². The van der Waals surface area contributed by atoms with E-state index in [0.29, 0.717) is 6.79 Å². The lowest BCUT2D eigenvalue weighted by atomic mass is 10.2. The lowest BCUT2D eigenvalue weighted by Gasteiger charge is -2.03. The number of nitrogens with zero attached hydrogens (tertiary/aromatic N) is 2. The predicted octanol–water partition coefficient (Wildman–Crippen LogP) is 1.12. The summed E-state index contributed by atoms with van der Waals surface area (Å²) in [5.74, 6) is 1.62. The highest BCUT2D eigenvalue weighted by atomic mass is 16.7. The number of hydrogen-bond acceptors (Lipinski definition) is 4. The van der Waals surface area contributed by atoms with Crippen LogP contribution in [0.4, 0.5) is 0 Å². The Bertz CT molecular complexity index is 439. The molecule has 1 fully saturated rings. The smallest absolute Gasteiger partial charge is 0.231 e. The third-order valence-electron chi connectivity index (χ3n) is 2.69. The molecule has 0 aromatic heterocycles. The quantitative estimate of drug-likeness (QED) is 0.674. The van der Waals surface area contributed by atoms with Gasteiger partial charge in [-0.05, 0) is 17.7 Å². The van der Waals surface area contributed by atoms with Crippen molar-refractivity contribution >= 4 is 0 Å². The van der Waals surface area contributed by atoms with Crippen LogP contribution in [0, 0.1) is 11.3 Å². The summed E-state index contributed by atoms with van der Waals surface area (Å²) in [6.45, 7) is 2.00. The van der Waals surface area contributed by atoms with Crippen molar-refractivity contribution in [2.75, 3.05) is 13.3 Å². The van der Waals surface area contributed by atoms with Crippen molar-refractivity contribution in [3.63, 3.8) is 0 Å². The van der Waals surface area contributed by atoms with E-state index in [1.165, 1.54) is 0 Å². The highest BCUT2D eigenvalue weighted by Gasteiger charge is 2.33. The van der Waals surface area contributed by atoms with E-state index in [1.807, 2.05) is 18.2 Å². The molecule has 0 aliphatic carbocycles. The summed E-state index contributed by atoms with van der Waals surface area (Å²) >= 11 is 0. The molecule has 2 aliphatic rings. The Morgan fingerprint density at radius 3 is 3.07 bits per heavy atom. The molecule has 2 heterocycles. The SMILES string of the molecule is N#CC1CN1Cc1ccc2c(c1)OCO2. The zero-order chi connectivity index (χ0) is 10.3. The molecule has 0 N–H and O–H groups in total. The standard InChI is InChI=1S/C11H10N2O2/c12-4-9-6-13(9)5-8-1-2-10-11(3-8)15-7-14-10/h1-3,9H,5-7H2. The summed E-state index contributed by atoms with van der Waals surface area (Å²) in [7, 11) is 0. The van der Waals surface area contributed by atoms with Crippen LogP contribution in [0.2, 0.25) is 0 Å². The molecule has 0 saturated carbocycles. The minimum atomic E-state index is 0.107. The van der Waals surface area contributed by atoms with Crippen LogP contribution in [0.15, 0.2) is 18.2 Å². The second kappa shape index (κ2) is 3.14. The lowest BCUT2D eigenvalue weighted by molar-refractivity contribution is 0.174. The van der Waals surface area contributed by atoms with Crippen molar-refractivity contribution < 1.29 is 9.47 Å². The van der Waals surface area contributed by atoms with E-state index >= 15 is 0 Å². The van der Waals surface area contributed by atoms with Crippen molar-refractivity contribution in [2.45, 2.75) is 12.6 Å². The van der Waals surface area contributed by atoms with E-state index in [-0.39, 0.29) is 6.04 Å². The summed E-state index contributed by atoms with van der Waals surface area (Å²) in [6.07, 6.45) is 0. The average molecular weight is 202 g/mol. The molecule has 76 valence electrons. The summed E-state index contributed by atoms with van der Waals surface area (Å²) in [6, 6.07) is 8.25. The molecule has 1 aromatic rings. The number of fused-ring (bicyclic) bond motifs is 1. The molecular formula is C11H10N2O2. The van der Waals surface area contributed by atoms with E-state index in [1.54, 1.807) is 0 Å². The van der Waals surface area contributed by atoms with Crippen LogP contribution in [0.5, 0.6) is 11.5 Å². The molecule has 0 bridgehead atoms. The summed E-state index contributed by atoms with van der Waals surface area (Å²) in [4.78, 5) is 2.11. The molecule has 15 heavy (non-hydrogen) atoms. The van der Waals surface area contributed by atoms with Crippen LogP contribution in [-0.2, 0) is 6.54 Å². The maximum atomic E-state index is 8.67. The first-order chi connectivity index (χ1) is 7.36. The van der Waals surface area contributed by atoms with Crippen molar-refractivity contribution in [3.8, 4) is 17.6 Å². The fourth-order valence-electron chi connectivity index (χ4n) is 1.75. The topological polar surface area (TPSA) is 45.3 Å². The third-order valence-corrected chi connectivity index (χ3v) is 2.69. The maximum Gasteiger partial charge on any atom is 0.231 e. The number of hydrogen-bond donors (Lipinski definition) is 0. The Labute approximate surface area is 87.6 Å². The van der Waals surface area contributed by atoms with Gasteiger partial charge in [0.05, 0.1) is 6.07 Å². The average Bonchev–Trinajstić information content (AvgIpc) is 2.84. The Balaban J connectivity index is 1.74. The molecule has 1 saturated heterocycles. The van der Waals surface area contributed by atoms with Crippen molar-refractivity contribution in [1.82, 2.24) is 4.90 Å². The minimum absolute atomic E-state index is 0.107. The van der Waals surface area contributed by atoms with Crippen molar-refractivity contribution in [1.29, 1.82) is 5.26 Å². The van der Waals surface area contributed by atoms with E-state index < -0.39 is 0 Å². The van der Waals surface area contributed by atoms with Crippen molar-refractivity contribution in [2.24, 2.45) is 0 Å². The minimum Gasteiger partial charge on any atom is -0.454 e. The fourth-order valence-corrected chi connectivity index (χ4v) is 1.75.